The van der Waals surface area contributed by atoms with E-state index in [9.17, 15) is 13.2 Å². The lowest BCUT2D eigenvalue weighted by Gasteiger charge is -2.30. The molecule has 1 aliphatic rings. The molecule has 1 aliphatic heterocycles. The van der Waals surface area contributed by atoms with Crippen molar-refractivity contribution in [1.82, 2.24) is 14.4 Å². The van der Waals surface area contributed by atoms with Crippen molar-refractivity contribution < 1.29 is 17.7 Å². The molecular formula is C21H23ClN4O4S2. The van der Waals surface area contributed by atoms with Crippen LogP contribution < -0.4 is 5.32 Å². The van der Waals surface area contributed by atoms with E-state index in [0.717, 1.165) is 16.9 Å². The van der Waals surface area contributed by atoms with E-state index < -0.39 is 15.9 Å². The number of carbonyl (C=O) groups is 1. The zero-order valence-corrected chi connectivity index (χ0v) is 20.1. The average Bonchev–Trinajstić information content (AvgIpc) is 3.46. The molecule has 1 aromatic carbocycles. The molecule has 4 rings (SSSR count). The van der Waals surface area contributed by atoms with Gasteiger partial charge in [-0.25, -0.2) is 8.42 Å². The van der Waals surface area contributed by atoms with E-state index >= 15 is 0 Å². The normalized spacial score (nSPS) is 17.4. The van der Waals surface area contributed by atoms with Crippen molar-refractivity contribution in [2.24, 2.45) is 5.92 Å². The van der Waals surface area contributed by atoms with Gasteiger partial charge in [0.25, 0.3) is 10.0 Å². The van der Waals surface area contributed by atoms with Gasteiger partial charge in [-0.1, -0.05) is 29.7 Å². The molecule has 3 heterocycles. The Labute approximate surface area is 195 Å². The summed E-state index contributed by atoms with van der Waals surface area (Å²) in [4.78, 5) is 17.0. The summed E-state index contributed by atoms with van der Waals surface area (Å²) in [5, 5.41) is 9.02. The van der Waals surface area contributed by atoms with Crippen LogP contribution in [0.5, 0.6) is 0 Å². The van der Waals surface area contributed by atoms with E-state index in [1.54, 1.807) is 23.6 Å². The molecule has 8 nitrogen and oxygen atoms in total. The Morgan fingerprint density at radius 3 is 2.91 bits per heavy atom. The van der Waals surface area contributed by atoms with Gasteiger partial charge in [-0.05, 0) is 43.5 Å². The number of halogens is 1. The highest BCUT2D eigenvalue weighted by molar-refractivity contribution is 7.91. The largest absolute Gasteiger partial charge is 0.339 e. The molecule has 1 atom stereocenters. The SMILES string of the molecule is CCc1nc(-c2csc(S(=O)(=O)N3CCC[C@H](C(=O)Nc4ccc(C)c(Cl)c4)C3)c2)no1. The topological polar surface area (TPSA) is 105 Å². The molecule has 1 amide bonds. The number of aryl methyl sites for hydroxylation is 2. The van der Waals surface area contributed by atoms with Crippen molar-refractivity contribution >= 4 is 44.6 Å². The maximum Gasteiger partial charge on any atom is 0.252 e. The summed E-state index contributed by atoms with van der Waals surface area (Å²) in [6.45, 7) is 4.29. The molecule has 3 aromatic rings. The first kappa shape index (κ1) is 22.9. The van der Waals surface area contributed by atoms with Gasteiger partial charge in [-0.2, -0.15) is 9.29 Å². The predicted molar refractivity (Wildman–Crippen MR) is 123 cm³/mol. The minimum Gasteiger partial charge on any atom is -0.339 e. The molecular weight excluding hydrogens is 472 g/mol. The summed E-state index contributed by atoms with van der Waals surface area (Å²) in [6.07, 6.45) is 1.83. The summed E-state index contributed by atoms with van der Waals surface area (Å²) in [5.41, 5.74) is 2.11. The molecule has 1 fully saturated rings. The third-order valence-corrected chi connectivity index (χ3v) is 9.08. The smallest absolute Gasteiger partial charge is 0.252 e. The van der Waals surface area contributed by atoms with E-state index in [0.29, 0.717) is 53.8 Å². The van der Waals surface area contributed by atoms with Crippen LogP contribution in [-0.4, -0.2) is 41.9 Å². The summed E-state index contributed by atoms with van der Waals surface area (Å²) < 4.78 is 33.1. The van der Waals surface area contributed by atoms with Crippen LogP contribution in [0.15, 0.2) is 38.4 Å². The molecule has 1 N–H and O–H groups in total. The summed E-state index contributed by atoms with van der Waals surface area (Å²) in [6, 6.07) is 6.87. The number of hydrogen-bond donors (Lipinski definition) is 1. The third kappa shape index (κ3) is 4.73. The average molecular weight is 495 g/mol. The van der Waals surface area contributed by atoms with Crippen LogP contribution in [0.2, 0.25) is 5.02 Å². The summed E-state index contributed by atoms with van der Waals surface area (Å²) >= 11 is 7.25. The number of amides is 1. The van der Waals surface area contributed by atoms with Gasteiger partial charge in [0.05, 0.1) is 5.92 Å². The van der Waals surface area contributed by atoms with E-state index in [2.05, 4.69) is 15.5 Å². The standard InChI is InChI=1S/C21H23ClN4O4S2/c1-3-18-24-20(25-30-18)15-9-19(31-12-15)32(28,29)26-8-4-5-14(11-26)21(27)23-16-7-6-13(2)17(22)10-16/h6-7,9-10,12,14H,3-5,8,11H2,1-2H3,(H,23,27)/t14-/m0/s1. The highest BCUT2D eigenvalue weighted by atomic mass is 35.5. The molecule has 0 unspecified atom stereocenters. The van der Waals surface area contributed by atoms with Gasteiger partial charge in [-0.15, -0.1) is 11.3 Å². The molecule has 11 heteroatoms. The van der Waals surface area contributed by atoms with Crippen LogP contribution >= 0.6 is 22.9 Å². The highest BCUT2D eigenvalue weighted by Gasteiger charge is 2.34. The highest BCUT2D eigenvalue weighted by Crippen LogP contribution is 2.31. The van der Waals surface area contributed by atoms with E-state index in [-0.39, 0.29) is 16.7 Å². The van der Waals surface area contributed by atoms with Crippen LogP contribution in [-0.2, 0) is 21.2 Å². The van der Waals surface area contributed by atoms with E-state index in [1.807, 2.05) is 19.9 Å². The zero-order chi connectivity index (χ0) is 22.9. The number of piperidine rings is 1. The van der Waals surface area contributed by atoms with Crippen molar-refractivity contribution in [1.29, 1.82) is 0 Å². The number of benzene rings is 1. The first-order chi connectivity index (χ1) is 15.3. The number of aromatic nitrogens is 2. The maximum atomic E-state index is 13.2. The predicted octanol–water partition coefficient (Wildman–Crippen LogP) is 4.36. The van der Waals surface area contributed by atoms with Crippen molar-refractivity contribution in [2.45, 2.75) is 37.3 Å². The van der Waals surface area contributed by atoms with Crippen LogP contribution in [0.1, 0.15) is 31.2 Å². The van der Waals surface area contributed by atoms with Gasteiger partial charge in [0.1, 0.15) is 4.21 Å². The Hall–Kier alpha value is -2.27. The second-order valence-electron chi connectivity index (χ2n) is 7.68. The fraction of sp³-hybridized carbons (Fsp3) is 0.381. The second kappa shape index (κ2) is 9.30. The maximum absolute atomic E-state index is 13.2. The van der Waals surface area contributed by atoms with Crippen LogP contribution in [0.3, 0.4) is 0 Å². The number of rotatable bonds is 6. The Bertz CT molecular complexity index is 1240. The monoisotopic (exact) mass is 494 g/mol. The Balaban J connectivity index is 1.47. The Morgan fingerprint density at radius 2 is 2.19 bits per heavy atom. The molecule has 0 bridgehead atoms. The van der Waals surface area contributed by atoms with Crippen molar-refractivity contribution in [3.63, 3.8) is 0 Å². The lowest BCUT2D eigenvalue weighted by molar-refractivity contribution is -0.120. The van der Waals surface area contributed by atoms with E-state index in [4.69, 9.17) is 16.1 Å². The summed E-state index contributed by atoms with van der Waals surface area (Å²) in [7, 11) is -3.74. The molecule has 0 radical (unpaired) electrons. The lowest BCUT2D eigenvalue weighted by Crippen LogP contribution is -2.43. The minimum atomic E-state index is -3.74. The number of thiophene rings is 1. The van der Waals surface area contributed by atoms with Gasteiger partial charge in [0.2, 0.25) is 17.6 Å². The Kier molecular flexibility index (Phi) is 6.66. The first-order valence-corrected chi connectivity index (χ1v) is 13.0. The number of carbonyl (C=O) groups excluding carboxylic acids is 1. The molecule has 0 aliphatic carbocycles. The van der Waals surface area contributed by atoms with Crippen LogP contribution in [0.25, 0.3) is 11.4 Å². The number of hydrogen-bond acceptors (Lipinski definition) is 7. The fourth-order valence-electron chi connectivity index (χ4n) is 3.50. The van der Waals surface area contributed by atoms with Crippen molar-refractivity contribution in [3.8, 4) is 11.4 Å². The van der Waals surface area contributed by atoms with Crippen molar-refractivity contribution in [2.75, 3.05) is 18.4 Å². The molecule has 32 heavy (non-hydrogen) atoms. The van der Waals surface area contributed by atoms with Crippen LogP contribution in [0.4, 0.5) is 5.69 Å². The lowest BCUT2D eigenvalue weighted by atomic mass is 9.98. The minimum absolute atomic E-state index is 0.128. The van der Waals surface area contributed by atoms with Gasteiger partial charge < -0.3 is 9.84 Å². The zero-order valence-electron chi connectivity index (χ0n) is 17.7. The van der Waals surface area contributed by atoms with Gasteiger partial charge in [-0.3, -0.25) is 4.79 Å². The number of nitrogens with zero attached hydrogens (tertiary/aromatic N) is 3. The first-order valence-electron chi connectivity index (χ1n) is 10.3. The number of nitrogens with one attached hydrogen (secondary N) is 1. The quantitative estimate of drug-likeness (QED) is 0.545. The molecule has 170 valence electrons. The molecule has 0 saturated carbocycles. The van der Waals surface area contributed by atoms with Crippen molar-refractivity contribution in [3.05, 3.63) is 46.1 Å². The third-order valence-electron chi connectivity index (χ3n) is 5.39. The number of sulfonamides is 1. The number of anilines is 1. The molecule has 1 saturated heterocycles. The van der Waals surface area contributed by atoms with Gasteiger partial charge >= 0.3 is 0 Å². The second-order valence-corrected chi connectivity index (χ2v) is 11.2. The fourth-order valence-corrected chi connectivity index (χ4v) is 6.52. The van der Waals surface area contributed by atoms with Gasteiger partial charge in [0.15, 0.2) is 0 Å². The van der Waals surface area contributed by atoms with Gasteiger partial charge in [0, 0.05) is 41.2 Å². The Morgan fingerprint density at radius 1 is 1.38 bits per heavy atom. The molecule has 0 spiro atoms. The molecule has 2 aromatic heterocycles. The van der Waals surface area contributed by atoms with E-state index in [1.165, 1.54) is 4.31 Å². The van der Waals surface area contributed by atoms with Crippen LogP contribution in [0, 0.1) is 12.8 Å². The summed E-state index contributed by atoms with van der Waals surface area (Å²) in [5.74, 6) is 0.209.